The van der Waals surface area contributed by atoms with Crippen molar-refractivity contribution in [3.63, 3.8) is 0 Å². The summed E-state index contributed by atoms with van der Waals surface area (Å²) in [5.41, 5.74) is -0.133. The van der Waals surface area contributed by atoms with Gasteiger partial charge in [-0.15, -0.1) is 0 Å². The van der Waals surface area contributed by atoms with Crippen molar-refractivity contribution in [1.82, 2.24) is 18.7 Å². The van der Waals surface area contributed by atoms with E-state index in [2.05, 4.69) is 4.98 Å². The van der Waals surface area contributed by atoms with Crippen LogP contribution in [0.25, 0.3) is 16.6 Å². The lowest BCUT2D eigenvalue weighted by atomic mass is 10.2. The SMILES string of the molecule is O=c1c2ccccc2n(CCCn2ccnc2)c(=O)n1-c1cccc(F)c1. The number of hydrogen-bond acceptors (Lipinski definition) is 3. The zero-order valence-corrected chi connectivity index (χ0v) is 14.5. The molecule has 0 unspecified atom stereocenters. The number of nitrogens with zero attached hydrogens (tertiary/aromatic N) is 4. The van der Waals surface area contributed by atoms with Gasteiger partial charge in [-0.25, -0.2) is 18.7 Å². The number of benzene rings is 2. The lowest BCUT2D eigenvalue weighted by Crippen LogP contribution is -2.39. The highest BCUT2D eigenvalue weighted by Gasteiger charge is 2.14. The van der Waals surface area contributed by atoms with Crippen LogP contribution in [0.4, 0.5) is 4.39 Å². The number of fused-ring (bicyclic) bond motifs is 1. The first-order valence-electron chi connectivity index (χ1n) is 8.61. The third-order valence-corrected chi connectivity index (χ3v) is 4.47. The molecule has 4 aromatic rings. The molecule has 0 aliphatic rings. The van der Waals surface area contributed by atoms with Crippen LogP contribution in [0, 0.1) is 5.82 Å². The van der Waals surface area contributed by atoms with E-state index in [1.807, 2.05) is 10.8 Å². The maximum Gasteiger partial charge on any atom is 0.336 e. The second kappa shape index (κ2) is 7.03. The van der Waals surface area contributed by atoms with Crippen molar-refractivity contribution in [1.29, 1.82) is 0 Å². The fourth-order valence-corrected chi connectivity index (χ4v) is 3.21. The summed E-state index contributed by atoms with van der Waals surface area (Å²) in [6, 6.07) is 12.5. The first-order chi connectivity index (χ1) is 13.1. The molecule has 0 saturated heterocycles. The summed E-state index contributed by atoms with van der Waals surface area (Å²) in [4.78, 5) is 30.0. The fraction of sp³-hybridized carbons (Fsp3) is 0.150. The van der Waals surface area contributed by atoms with Crippen molar-refractivity contribution in [2.24, 2.45) is 0 Å². The number of aryl methyl sites for hydroxylation is 2. The van der Waals surface area contributed by atoms with Gasteiger partial charge in [0.2, 0.25) is 0 Å². The van der Waals surface area contributed by atoms with Crippen LogP contribution in [0.2, 0.25) is 0 Å². The van der Waals surface area contributed by atoms with Gasteiger partial charge in [0.15, 0.2) is 0 Å². The Morgan fingerprint density at radius 3 is 2.63 bits per heavy atom. The van der Waals surface area contributed by atoms with Gasteiger partial charge >= 0.3 is 5.69 Å². The van der Waals surface area contributed by atoms with E-state index in [0.717, 1.165) is 4.57 Å². The normalized spacial score (nSPS) is 11.1. The Morgan fingerprint density at radius 2 is 1.85 bits per heavy atom. The summed E-state index contributed by atoms with van der Waals surface area (Å²) >= 11 is 0. The van der Waals surface area contributed by atoms with Gasteiger partial charge in [-0.1, -0.05) is 18.2 Å². The van der Waals surface area contributed by atoms with Crippen LogP contribution in [0.15, 0.2) is 76.8 Å². The highest BCUT2D eigenvalue weighted by atomic mass is 19.1. The van der Waals surface area contributed by atoms with E-state index in [0.29, 0.717) is 30.4 Å². The molecule has 0 amide bonds. The molecular formula is C20H17FN4O2. The van der Waals surface area contributed by atoms with Crippen molar-refractivity contribution in [3.8, 4) is 5.69 Å². The molecule has 0 atom stereocenters. The molecule has 0 aliphatic heterocycles. The predicted octanol–water partition coefficient (Wildman–Crippen LogP) is 2.58. The number of imidazole rings is 1. The Labute approximate surface area is 153 Å². The average Bonchev–Trinajstić information content (AvgIpc) is 3.18. The molecule has 0 aliphatic carbocycles. The van der Waals surface area contributed by atoms with Crippen LogP contribution in [0.3, 0.4) is 0 Å². The van der Waals surface area contributed by atoms with Gasteiger partial charge in [-0.3, -0.25) is 9.36 Å². The average molecular weight is 364 g/mol. The van der Waals surface area contributed by atoms with Gasteiger partial charge in [-0.05, 0) is 36.8 Å². The van der Waals surface area contributed by atoms with Crippen molar-refractivity contribution >= 4 is 10.9 Å². The third-order valence-electron chi connectivity index (χ3n) is 4.47. The zero-order valence-electron chi connectivity index (χ0n) is 14.5. The van der Waals surface area contributed by atoms with Crippen LogP contribution in [0.1, 0.15) is 6.42 Å². The summed E-state index contributed by atoms with van der Waals surface area (Å²) in [5.74, 6) is -0.501. The highest BCUT2D eigenvalue weighted by molar-refractivity contribution is 5.78. The van der Waals surface area contributed by atoms with Gasteiger partial charge in [0.1, 0.15) is 5.82 Å². The molecule has 7 heteroatoms. The minimum absolute atomic E-state index is 0.221. The van der Waals surface area contributed by atoms with E-state index in [-0.39, 0.29) is 5.69 Å². The molecule has 2 aromatic heterocycles. The van der Waals surface area contributed by atoms with Gasteiger partial charge in [0.05, 0.1) is 22.9 Å². The molecule has 2 heterocycles. The molecule has 0 spiro atoms. The zero-order chi connectivity index (χ0) is 18.8. The second-order valence-electron chi connectivity index (χ2n) is 6.23. The fourth-order valence-electron chi connectivity index (χ4n) is 3.21. The number of halogens is 1. The molecule has 136 valence electrons. The Kier molecular flexibility index (Phi) is 4.42. The van der Waals surface area contributed by atoms with Gasteiger partial charge in [0, 0.05) is 25.5 Å². The lowest BCUT2D eigenvalue weighted by molar-refractivity contribution is 0.549. The van der Waals surface area contributed by atoms with Gasteiger partial charge < -0.3 is 4.57 Å². The smallest absolute Gasteiger partial charge is 0.336 e. The largest absolute Gasteiger partial charge is 0.337 e. The second-order valence-corrected chi connectivity index (χ2v) is 6.23. The van der Waals surface area contributed by atoms with E-state index in [9.17, 15) is 14.0 Å². The first-order valence-corrected chi connectivity index (χ1v) is 8.61. The summed E-state index contributed by atoms with van der Waals surface area (Å²) < 4.78 is 18.2. The van der Waals surface area contributed by atoms with Crippen LogP contribution in [-0.2, 0) is 13.1 Å². The topological polar surface area (TPSA) is 61.8 Å². The molecule has 6 nitrogen and oxygen atoms in total. The van der Waals surface area contributed by atoms with E-state index in [1.54, 1.807) is 47.4 Å². The molecule has 4 rings (SSSR count). The third kappa shape index (κ3) is 3.19. The Bertz CT molecular complexity index is 1210. The predicted molar refractivity (Wildman–Crippen MR) is 101 cm³/mol. The van der Waals surface area contributed by atoms with E-state index in [4.69, 9.17) is 0 Å². The minimum Gasteiger partial charge on any atom is -0.337 e. The molecule has 0 radical (unpaired) electrons. The van der Waals surface area contributed by atoms with Crippen LogP contribution >= 0.6 is 0 Å². The number of hydrogen-bond donors (Lipinski definition) is 0. The summed E-state index contributed by atoms with van der Waals surface area (Å²) in [5, 5.41) is 0.420. The minimum atomic E-state index is -0.501. The maximum absolute atomic E-state index is 13.7. The van der Waals surface area contributed by atoms with Crippen LogP contribution in [-0.4, -0.2) is 18.7 Å². The highest BCUT2D eigenvalue weighted by Crippen LogP contribution is 2.11. The number of para-hydroxylation sites is 1. The Hall–Kier alpha value is -3.48. The molecular weight excluding hydrogens is 347 g/mol. The summed E-state index contributed by atoms with van der Waals surface area (Å²) in [6.07, 6.45) is 5.95. The number of rotatable bonds is 5. The number of aromatic nitrogens is 4. The van der Waals surface area contributed by atoms with Gasteiger partial charge in [0.25, 0.3) is 5.56 Å². The Balaban J connectivity index is 1.84. The molecule has 0 bridgehead atoms. The molecule has 2 aromatic carbocycles. The standard InChI is InChI=1S/C20H17FN4O2/c21-15-5-3-6-16(13-15)25-19(26)17-7-1-2-8-18(17)24(20(25)27)11-4-10-23-12-9-22-14-23/h1-3,5-9,12-14H,4,10-11H2. The molecule has 0 saturated carbocycles. The van der Waals surface area contributed by atoms with Crippen molar-refractivity contribution in [2.45, 2.75) is 19.5 Å². The van der Waals surface area contributed by atoms with Crippen molar-refractivity contribution in [3.05, 3.63) is 93.9 Å². The van der Waals surface area contributed by atoms with Crippen molar-refractivity contribution < 1.29 is 4.39 Å². The molecule has 0 fully saturated rings. The van der Waals surface area contributed by atoms with Gasteiger partial charge in [-0.2, -0.15) is 0 Å². The molecule has 27 heavy (non-hydrogen) atoms. The Morgan fingerprint density at radius 1 is 1.00 bits per heavy atom. The van der Waals surface area contributed by atoms with Crippen molar-refractivity contribution in [2.75, 3.05) is 0 Å². The first kappa shape index (κ1) is 17.0. The maximum atomic E-state index is 13.7. The summed E-state index contributed by atoms with van der Waals surface area (Å²) in [6.45, 7) is 1.12. The monoisotopic (exact) mass is 364 g/mol. The quantitative estimate of drug-likeness (QED) is 0.547. The van der Waals surface area contributed by atoms with Crippen LogP contribution in [0.5, 0.6) is 0 Å². The van der Waals surface area contributed by atoms with E-state index < -0.39 is 17.1 Å². The summed E-state index contributed by atoms with van der Waals surface area (Å²) in [7, 11) is 0. The lowest BCUT2D eigenvalue weighted by Gasteiger charge is -2.14. The molecule has 0 N–H and O–H groups in total. The van der Waals surface area contributed by atoms with Crippen LogP contribution < -0.4 is 11.2 Å². The van der Waals surface area contributed by atoms with E-state index >= 15 is 0 Å². The van der Waals surface area contributed by atoms with E-state index in [1.165, 1.54) is 18.2 Å².